The predicted octanol–water partition coefficient (Wildman–Crippen LogP) is 2.12. The van der Waals surface area contributed by atoms with E-state index < -0.39 is 0 Å². The zero-order chi connectivity index (χ0) is 7.54. The summed E-state index contributed by atoms with van der Waals surface area (Å²) in [6, 6.07) is 0. The fraction of sp³-hybridized carbons (Fsp3) is 0.125. The molecule has 0 aromatic rings. The van der Waals surface area contributed by atoms with Gasteiger partial charge in [-0.3, -0.25) is 4.79 Å². The quantitative estimate of drug-likeness (QED) is 0.313. The average Bonchev–Trinajstić information content (AvgIpc) is 1.91. The Kier molecular flexibility index (Phi) is 18.9. The van der Waals surface area contributed by atoms with E-state index in [0.29, 0.717) is 6.29 Å². The van der Waals surface area contributed by atoms with Gasteiger partial charge in [0.2, 0.25) is 0 Å². The van der Waals surface area contributed by atoms with Crippen LogP contribution in [0.2, 0.25) is 0 Å². The molecule has 0 aliphatic rings. The van der Waals surface area contributed by atoms with E-state index in [9.17, 15) is 0 Å². The summed E-state index contributed by atoms with van der Waals surface area (Å²) < 4.78 is 0. The average molecular weight is 124 g/mol. The molecule has 1 nitrogen and oxygen atoms in total. The lowest BCUT2D eigenvalue weighted by Gasteiger charge is -1.56. The van der Waals surface area contributed by atoms with Gasteiger partial charge in [0.15, 0.2) is 0 Å². The van der Waals surface area contributed by atoms with Gasteiger partial charge in [-0.05, 0) is 13.0 Å². The minimum atomic E-state index is 0.639. The molecule has 0 bridgehead atoms. The molecule has 0 aromatic carbocycles. The lowest BCUT2D eigenvalue weighted by molar-refractivity contribution is -0.104. The lowest BCUT2D eigenvalue weighted by Crippen LogP contribution is -1.44. The summed E-state index contributed by atoms with van der Waals surface area (Å²) in [6.45, 7) is 8.53. The van der Waals surface area contributed by atoms with Crippen molar-refractivity contribution >= 4 is 6.29 Å². The van der Waals surface area contributed by atoms with Crippen molar-refractivity contribution in [1.29, 1.82) is 0 Å². The van der Waals surface area contributed by atoms with Crippen LogP contribution in [0.1, 0.15) is 6.92 Å². The molecule has 50 valence electrons. The largest absolute Gasteiger partial charge is 0.299 e. The third-order valence-electron chi connectivity index (χ3n) is 0.425. The smallest absolute Gasteiger partial charge is 0.142 e. The topological polar surface area (TPSA) is 17.1 Å². The second-order valence-corrected chi connectivity index (χ2v) is 1.13. The van der Waals surface area contributed by atoms with Gasteiger partial charge in [0.05, 0.1) is 0 Å². The van der Waals surface area contributed by atoms with Gasteiger partial charge in [-0.25, -0.2) is 0 Å². The molecule has 0 aliphatic carbocycles. The molecule has 0 atom stereocenters. The molecule has 0 fully saturated rings. The van der Waals surface area contributed by atoms with Crippen molar-refractivity contribution in [2.45, 2.75) is 6.92 Å². The van der Waals surface area contributed by atoms with Crippen LogP contribution in [0.3, 0.4) is 0 Å². The van der Waals surface area contributed by atoms with Crippen LogP contribution in [0.5, 0.6) is 0 Å². The third kappa shape index (κ3) is 46.1. The minimum Gasteiger partial charge on any atom is -0.299 e. The Labute approximate surface area is 56.4 Å². The van der Waals surface area contributed by atoms with Gasteiger partial charge in [-0.15, -0.1) is 0 Å². The Balaban J connectivity index is 0. The van der Waals surface area contributed by atoms with Gasteiger partial charge in [-0.2, -0.15) is 0 Å². The SMILES string of the molecule is C=CC=CC.C=CC=O. The molecule has 1 heteroatoms. The van der Waals surface area contributed by atoms with Crippen LogP contribution < -0.4 is 0 Å². The molecule has 0 amide bonds. The highest BCUT2D eigenvalue weighted by molar-refractivity contribution is 5.63. The van der Waals surface area contributed by atoms with E-state index in [0.717, 1.165) is 0 Å². The van der Waals surface area contributed by atoms with Crippen LogP contribution in [-0.4, -0.2) is 6.29 Å². The van der Waals surface area contributed by atoms with E-state index in [2.05, 4.69) is 13.2 Å². The zero-order valence-electron chi connectivity index (χ0n) is 5.71. The van der Waals surface area contributed by atoms with E-state index in [1.54, 1.807) is 6.08 Å². The van der Waals surface area contributed by atoms with E-state index in [4.69, 9.17) is 4.79 Å². The van der Waals surface area contributed by atoms with Crippen molar-refractivity contribution in [1.82, 2.24) is 0 Å². The third-order valence-corrected chi connectivity index (χ3v) is 0.425. The maximum Gasteiger partial charge on any atom is 0.142 e. The van der Waals surface area contributed by atoms with Gasteiger partial charge >= 0.3 is 0 Å². The molecule has 0 saturated heterocycles. The van der Waals surface area contributed by atoms with E-state index in [1.807, 2.05) is 19.1 Å². The Morgan fingerprint density at radius 1 is 1.22 bits per heavy atom. The first kappa shape index (κ1) is 10.8. The number of hydrogen-bond donors (Lipinski definition) is 0. The van der Waals surface area contributed by atoms with Crippen molar-refractivity contribution < 1.29 is 4.79 Å². The fourth-order valence-electron chi connectivity index (χ4n) is 0.136. The molecule has 0 rings (SSSR count). The molecule has 0 aliphatic heterocycles. The first-order chi connectivity index (χ1) is 4.33. The molecular weight excluding hydrogens is 112 g/mol. The Morgan fingerprint density at radius 2 is 1.67 bits per heavy atom. The summed E-state index contributed by atoms with van der Waals surface area (Å²) >= 11 is 0. The summed E-state index contributed by atoms with van der Waals surface area (Å²) in [7, 11) is 0. The molecule has 0 aromatic heterocycles. The summed E-state index contributed by atoms with van der Waals surface area (Å²) in [5.74, 6) is 0. The predicted molar refractivity (Wildman–Crippen MR) is 41.3 cm³/mol. The Hall–Kier alpha value is -1.11. The summed E-state index contributed by atoms with van der Waals surface area (Å²) in [5.41, 5.74) is 0. The maximum atomic E-state index is 9.06. The molecule has 0 radical (unpaired) electrons. The normalized spacial score (nSPS) is 7.22. The maximum absolute atomic E-state index is 9.06. The molecular formula is C8H12O. The van der Waals surface area contributed by atoms with Crippen LogP contribution in [0.4, 0.5) is 0 Å². The van der Waals surface area contributed by atoms with Crippen molar-refractivity contribution in [3.63, 3.8) is 0 Å². The Bertz CT molecular complexity index is 95.1. The number of carbonyl (C=O) groups is 1. The van der Waals surface area contributed by atoms with Crippen molar-refractivity contribution in [3.8, 4) is 0 Å². The second kappa shape index (κ2) is 15.8. The highest BCUT2D eigenvalue weighted by atomic mass is 16.1. The Morgan fingerprint density at radius 3 is 1.67 bits per heavy atom. The summed E-state index contributed by atoms with van der Waals surface area (Å²) in [4.78, 5) is 9.06. The summed E-state index contributed by atoms with van der Waals surface area (Å²) in [6.07, 6.45) is 7.41. The molecule has 9 heavy (non-hydrogen) atoms. The standard InChI is InChI=1S/C5H8.C3H4O/c1-3-5-4-2;1-2-3-4/h3-5H,1H2,2H3;2-3H,1H2. The van der Waals surface area contributed by atoms with Crippen molar-refractivity contribution in [2.24, 2.45) is 0 Å². The van der Waals surface area contributed by atoms with Crippen molar-refractivity contribution in [3.05, 3.63) is 37.5 Å². The van der Waals surface area contributed by atoms with Crippen LogP contribution in [0.25, 0.3) is 0 Å². The molecule has 0 unspecified atom stereocenters. The monoisotopic (exact) mass is 124 g/mol. The fourth-order valence-corrected chi connectivity index (χ4v) is 0.136. The number of aldehydes is 1. The van der Waals surface area contributed by atoms with Gasteiger partial charge in [-0.1, -0.05) is 31.4 Å². The van der Waals surface area contributed by atoms with Crippen LogP contribution in [0, 0.1) is 0 Å². The number of allylic oxidation sites excluding steroid dienone is 4. The van der Waals surface area contributed by atoms with Gasteiger partial charge in [0, 0.05) is 0 Å². The van der Waals surface area contributed by atoms with Gasteiger partial charge in [0.25, 0.3) is 0 Å². The lowest BCUT2D eigenvalue weighted by atomic mass is 10.5. The highest BCUT2D eigenvalue weighted by Gasteiger charge is 1.42. The first-order valence-electron chi connectivity index (χ1n) is 2.63. The molecule has 0 saturated carbocycles. The first-order valence-corrected chi connectivity index (χ1v) is 2.63. The molecule has 0 spiro atoms. The van der Waals surface area contributed by atoms with Crippen molar-refractivity contribution in [2.75, 3.05) is 0 Å². The van der Waals surface area contributed by atoms with E-state index >= 15 is 0 Å². The second-order valence-electron chi connectivity index (χ2n) is 1.13. The van der Waals surface area contributed by atoms with Crippen LogP contribution in [-0.2, 0) is 4.79 Å². The van der Waals surface area contributed by atoms with E-state index in [1.165, 1.54) is 6.08 Å². The van der Waals surface area contributed by atoms with Crippen LogP contribution in [0.15, 0.2) is 37.5 Å². The highest BCUT2D eigenvalue weighted by Crippen LogP contribution is 1.64. The van der Waals surface area contributed by atoms with Gasteiger partial charge in [0.1, 0.15) is 6.29 Å². The summed E-state index contributed by atoms with van der Waals surface area (Å²) in [5, 5.41) is 0. The minimum absolute atomic E-state index is 0.639. The number of carbonyl (C=O) groups excluding carboxylic acids is 1. The number of hydrogen-bond acceptors (Lipinski definition) is 1. The molecule has 0 N–H and O–H groups in total. The van der Waals surface area contributed by atoms with Gasteiger partial charge < -0.3 is 0 Å². The van der Waals surface area contributed by atoms with Crippen LogP contribution >= 0.6 is 0 Å². The number of rotatable bonds is 2. The van der Waals surface area contributed by atoms with E-state index in [-0.39, 0.29) is 0 Å². The zero-order valence-corrected chi connectivity index (χ0v) is 5.71. The molecule has 0 heterocycles.